The molecule has 0 aliphatic carbocycles. The van der Waals surface area contributed by atoms with Crippen LogP contribution in [0, 0.1) is 0 Å². The highest BCUT2D eigenvalue weighted by molar-refractivity contribution is 6.03. The molecule has 5 aromatic carbocycles. The van der Waals surface area contributed by atoms with Crippen molar-refractivity contribution in [1.82, 2.24) is 10.6 Å². The molecule has 5 rings (SSSR count). The van der Waals surface area contributed by atoms with E-state index in [9.17, 15) is 19.5 Å². The van der Waals surface area contributed by atoms with Gasteiger partial charge in [0.2, 0.25) is 5.91 Å². The van der Waals surface area contributed by atoms with E-state index in [-0.39, 0.29) is 19.4 Å². The summed E-state index contributed by atoms with van der Waals surface area (Å²) in [6.07, 6.45) is -0.535. The van der Waals surface area contributed by atoms with Crippen LogP contribution in [0.4, 0.5) is 4.79 Å². The van der Waals surface area contributed by atoms with E-state index < -0.39 is 30.1 Å². The second-order valence-electron chi connectivity index (χ2n) is 9.85. The predicted octanol–water partition coefficient (Wildman–Crippen LogP) is 5.64. The average Bonchev–Trinajstić information content (AvgIpc) is 3.00. The van der Waals surface area contributed by atoms with Crippen LogP contribution in [0.3, 0.4) is 0 Å². The summed E-state index contributed by atoms with van der Waals surface area (Å²) in [6.45, 7) is 0.0399. The first-order chi connectivity index (χ1) is 20.0. The number of carboxylic acids is 1. The third-order valence-corrected chi connectivity index (χ3v) is 7.01. The van der Waals surface area contributed by atoms with E-state index >= 15 is 0 Å². The van der Waals surface area contributed by atoms with E-state index in [0.29, 0.717) is 0 Å². The Labute approximate surface area is 237 Å². The van der Waals surface area contributed by atoms with E-state index in [4.69, 9.17) is 4.74 Å². The molecule has 0 aromatic heterocycles. The van der Waals surface area contributed by atoms with Crippen molar-refractivity contribution in [3.63, 3.8) is 0 Å². The summed E-state index contributed by atoms with van der Waals surface area (Å²) in [5.74, 6) is -1.78. The van der Waals surface area contributed by atoms with Crippen LogP contribution in [0.2, 0.25) is 0 Å². The van der Waals surface area contributed by atoms with Crippen molar-refractivity contribution in [3.8, 4) is 0 Å². The van der Waals surface area contributed by atoms with Crippen molar-refractivity contribution in [2.45, 2.75) is 31.5 Å². The zero-order valence-electron chi connectivity index (χ0n) is 22.3. The summed E-state index contributed by atoms with van der Waals surface area (Å²) in [7, 11) is 0. The summed E-state index contributed by atoms with van der Waals surface area (Å²) in [5, 5.41) is 19.3. The molecule has 7 heteroatoms. The SMILES string of the molecule is O=C(N[C@@H](Cc1ccccc1)C(=O)N[C@H](Cc1c2ccccc2cc2ccccc12)C(=O)O)OCc1ccccc1. The Morgan fingerprint density at radius 3 is 1.76 bits per heavy atom. The molecule has 0 spiro atoms. The number of ether oxygens (including phenoxy) is 1. The van der Waals surface area contributed by atoms with E-state index in [0.717, 1.165) is 38.2 Å². The third-order valence-electron chi connectivity index (χ3n) is 7.01. The number of nitrogens with one attached hydrogen (secondary N) is 2. The lowest BCUT2D eigenvalue weighted by atomic mass is 9.92. The molecule has 0 aliphatic heterocycles. The zero-order valence-corrected chi connectivity index (χ0v) is 22.3. The van der Waals surface area contributed by atoms with Gasteiger partial charge in [0.25, 0.3) is 0 Å². The Bertz CT molecular complexity index is 1620. The molecule has 2 atom stereocenters. The van der Waals surface area contributed by atoms with Crippen molar-refractivity contribution in [3.05, 3.63) is 132 Å². The van der Waals surface area contributed by atoms with Gasteiger partial charge in [-0.2, -0.15) is 0 Å². The highest BCUT2D eigenvalue weighted by Gasteiger charge is 2.28. The Hall–Kier alpha value is -5.17. The predicted molar refractivity (Wildman–Crippen MR) is 158 cm³/mol. The minimum Gasteiger partial charge on any atom is -0.480 e. The minimum atomic E-state index is -1.22. The molecule has 0 saturated carbocycles. The number of amides is 2. The molecule has 0 saturated heterocycles. The van der Waals surface area contributed by atoms with Crippen molar-refractivity contribution in [2.24, 2.45) is 0 Å². The fraction of sp³-hybridized carbons (Fsp3) is 0.147. The number of carboxylic acid groups (broad SMARTS) is 1. The molecule has 0 unspecified atom stereocenters. The number of aliphatic carboxylic acids is 1. The van der Waals surface area contributed by atoms with Crippen molar-refractivity contribution in [2.75, 3.05) is 0 Å². The molecule has 0 fully saturated rings. The lowest BCUT2D eigenvalue weighted by molar-refractivity contribution is -0.142. The van der Waals surface area contributed by atoms with Crippen LogP contribution in [0.1, 0.15) is 16.7 Å². The molecule has 3 N–H and O–H groups in total. The van der Waals surface area contributed by atoms with E-state index in [1.165, 1.54) is 0 Å². The largest absolute Gasteiger partial charge is 0.480 e. The standard InChI is InChI=1S/C34H30N2O5/c37-32(30(19-23-11-3-1-4-12-23)36-34(40)41-22-24-13-5-2-6-14-24)35-31(33(38)39)21-29-27-17-9-7-15-25(27)20-26-16-8-10-18-28(26)29/h1-18,20,30-31H,19,21-22H2,(H,35,37)(H,36,40)(H,38,39)/t30-,31+/m0/s1. The normalized spacial score (nSPS) is 12.4. The molecule has 7 nitrogen and oxygen atoms in total. The van der Waals surface area contributed by atoms with Gasteiger partial charge in [-0.25, -0.2) is 9.59 Å². The maximum Gasteiger partial charge on any atom is 0.408 e. The number of carbonyl (C=O) groups is 3. The number of hydrogen-bond donors (Lipinski definition) is 3. The van der Waals surface area contributed by atoms with Crippen molar-refractivity contribution in [1.29, 1.82) is 0 Å². The van der Waals surface area contributed by atoms with Crippen LogP contribution in [-0.2, 0) is 33.8 Å². The molecule has 2 amide bonds. The Balaban J connectivity index is 1.38. The Kier molecular flexibility index (Phi) is 8.55. The average molecular weight is 547 g/mol. The fourth-order valence-electron chi connectivity index (χ4n) is 4.97. The van der Waals surface area contributed by atoms with Gasteiger partial charge in [-0.3, -0.25) is 4.79 Å². The number of fused-ring (bicyclic) bond motifs is 2. The summed E-state index contributed by atoms with van der Waals surface area (Å²) >= 11 is 0. The number of alkyl carbamates (subject to hydrolysis) is 1. The molecular weight excluding hydrogens is 516 g/mol. The smallest absolute Gasteiger partial charge is 0.408 e. The number of carbonyl (C=O) groups excluding carboxylic acids is 2. The van der Waals surface area contributed by atoms with Crippen LogP contribution in [-0.4, -0.2) is 35.2 Å². The molecule has 5 aromatic rings. The second kappa shape index (κ2) is 12.8. The first-order valence-electron chi connectivity index (χ1n) is 13.4. The molecule has 0 heterocycles. The van der Waals surface area contributed by atoms with Crippen LogP contribution in [0.25, 0.3) is 21.5 Å². The molecular formula is C34H30N2O5. The summed E-state index contributed by atoms with van der Waals surface area (Å²) in [4.78, 5) is 38.7. The van der Waals surface area contributed by atoms with E-state index in [1.807, 2.05) is 109 Å². The van der Waals surface area contributed by atoms with Crippen LogP contribution < -0.4 is 10.6 Å². The number of hydrogen-bond acceptors (Lipinski definition) is 4. The highest BCUT2D eigenvalue weighted by Crippen LogP contribution is 2.29. The van der Waals surface area contributed by atoms with Crippen LogP contribution in [0.15, 0.2) is 115 Å². The molecule has 0 radical (unpaired) electrons. The maximum atomic E-state index is 13.5. The molecule has 0 aliphatic rings. The Morgan fingerprint density at radius 1 is 0.634 bits per heavy atom. The first-order valence-corrected chi connectivity index (χ1v) is 13.4. The topological polar surface area (TPSA) is 105 Å². The summed E-state index contributed by atoms with van der Waals surface area (Å²) < 4.78 is 5.34. The lowest BCUT2D eigenvalue weighted by Gasteiger charge is -2.22. The monoisotopic (exact) mass is 546 g/mol. The lowest BCUT2D eigenvalue weighted by Crippen LogP contribution is -2.53. The first kappa shape index (κ1) is 27.4. The summed E-state index contributed by atoms with van der Waals surface area (Å²) in [5.41, 5.74) is 2.45. The van der Waals surface area contributed by atoms with Gasteiger partial charge in [0.15, 0.2) is 0 Å². The van der Waals surface area contributed by atoms with Gasteiger partial charge < -0.3 is 20.5 Å². The number of benzene rings is 5. The molecule has 0 bridgehead atoms. The fourth-order valence-corrected chi connectivity index (χ4v) is 4.97. The quantitative estimate of drug-likeness (QED) is 0.197. The van der Waals surface area contributed by atoms with Gasteiger partial charge in [-0.15, -0.1) is 0 Å². The van der Waals surface area contributed by atoms with Gasteiger partial charge in [0.05, 0.1) is 0 Å². The Morgan fingerprint density at radius 2 is 1.17 bits per heavy atom. The van der Waals surface area contributed by atoms with Crippen LogP contribution >= 0.6 is 0 Å². The van der Waals surface area contributed by atoms with Gasteiger partial charge in [-0.1, -0.05) is 109 Å². The molecule has 41 heavy (non-hydrogen) atoms. The van der Waals surface area contributed by atoms with Crippen molar-refractivity contribution < 1.29 is 24.2 Å². The minimum absolute atomic E-state index is 0.0399. The van der Waals surface area contributed by atoms with Gasteiger partial charge in [-0.05, 0) is 44.3 Å². The van der Waals surface area contributed by atoms with E-state index in [2.05, 4.69) is 16.7 Å². The maximum absolute atomic E-state index is 13.5. The van der Waals surface area contributed by atoms with E-state index in [1.54, 1.807) is 0 Å². The van der Waals surface area contributed by atoms with Gasteiger partial charge in [0.1, 0.15) is 18.7 Å². The second-order valence-corrected chi connectivity index (χ2v) is 9.85. The zero-order chi connectivity index (χ0) is 28.6. The summed E-state index contributed by atoms with van der Waals surface area (Å²) in [6, 6.07) is 33.8. The highest BCUT2D eigenvalue weighted by atomic mass is 16.5. The van der Waals surface area contributed by atoms with Crippen LogP contribution in [0.5, 0.6) is 0 Å². The van der Waals surface area contributed by atoms with Crippen molar-refractivity contribution >= 4 is 39.5 Å². The van der Waals surface area contributed by atoms with Gasteiger partial charge in [0, 0.05) is 12.8 Å². The number of rotatable bonds is 10. The van der Waals surface area contributed by atoms with Gasteiger partial charge >= 0.3 is 12.1 Å². The third kappa shape index (κ3) is 6.89. The molecule has 206 valence electrons.